The number of hydrogen-bond donors (Lipinski definition) is 7. The number of imidazole rings is 1. The topological polar surface area (TPSA) is 285 Å². The number of nitrogen functional groups attached to an aromatic ring is 1. The number of anilines is 1. The molecule has 3 heterocycles. The second-order valence-corrected chi connectivity index (χ2v) is 11.6. The van der Waals surface area contributed by atoms with Gasteiger partial charge in [0.05, 0.1) is 18.6 Å². The first-order valence-electron chi connectivity index (χ1n) is 9.43. The number of phosphoric ester groups is 1. The molecule has 1 aliphatic rings. The zero-order valence-electron chi connectivity index (χ0n) is 17.9. The SMILES string of the molecule is C[C@@H](OP(=O)(O)OP(=O)(O)OP(=O)(O)O)[C@H]1O[C@@H](n2cnc3cnc(N)nc32)C(N)(C#CCF)[C@H]1O. The van der Waals surface area contributed by atoms with Crippen molar-refractivity contribution in [2.75, 3.05) is 12.4 Å². The van der Waals surface area contributed by atoms with Crippen LogP contribution in [0.4, 0.5) is 10.3 Å². The molecule has 3 unspecified atom stereocenters. The molecule has 200 valence electrons. The van der Waals surface area contributed by atoms with Crippen molar-refractivity contribution in [3.63, 3.8) is 0 Å². The fourth-order valence-corrected chi connectivity index (χ4v) is 6.52. The molecule has 7 atom stereocenters. The van der Waals surface area contributed by atoms with Gasteiger partial charge in [-0.2, -0.15) is 13.6 Å². The smallest absolute Gasteiger partial charge is 0.387 e. The van der Waals surface area contributed by atoms with Crippen LogP contribution in [0, 0.1) is 11.8 Å². The zero-order chi connectivity index (χ0) is 27.1. The van der Waals surface area contributed by atoms with Gasteiger partial charge in [-0.05, 0) is 6.92 Å². The predicted octanol–water partition coefficient (Wildman–Crippen LogP) is -0.931. The molecule has 0 amide bonds. The number of phosphoric acid groups is 3. The van der Waals surface area contributed by atoms with Gasteiger partial charge >= 0.3 is 23.5 Å². The van der Waals surface area contributed by atoms with Gasteiger partial charge in [-0.25, -0.2) is 28.1 Å². The minimum atomic E-state index is -5.79. The molecule has 36 heavy (non-hydrogen) atoms. The Kier molecular flexibility index (Phi) is 8.07. The fourth-order valence-electron chi connectivity index (χ4n) is 3.32. The molecule has 3 rings (SSSR count). The van der Waals surface area contributed by atoms with Gasteiger partial charge in [0.2, 0.25) is 5.95 Å². The van der Waals surface area contributed by atoms with E-state index in [9.17, 15) is 33.0 Å². The molecule has 9 N–H and O–H groups in total. The molecule has 0 radical (unpaired) electrons. The predicted molar refractivity (Wildman–Crippen MR) is 115 cm³/mol. The maximum atomic E-state index is 12.8. The van der Waals surface area contributed by atoms with Gasteiger partial charge in [0.25, 0.3) is 0 Å². The van der Waals surface area contributed by atoms with Crippen molar-refractivity contribution in [2.24, 2.45) is 5.73 Å². The lowest BCUT2D eigenvalue weighted by atomic mass is 9.90. The van der Waals surface area contributed by atoms with Crippen LogP contribution in [0.15, 0.2) is 12.5 Å². The first-order chi connectivity index (χ1) is 16.5. The lowest BCUT2D eigenvalue weighted by Gasteiger charge is -2.28. The Labute approximate surface area is 200 Å². The van der Waals surface area contributed by atoms with Crippen molar-refractivity contribution in [1.29, 1.82) is 0 Å². The number of fused-ring (bicyclic) bond motifs is 1. The minimum absolute atomic E-state index is 0.0813. The summed E-state index contributed by atoms with van der Waals surface area (Å²) in [4.78, 5) is 48.2. The number of nitrogens with zero attached hydrogens (tertiary/aromatic N) is 4. The van der Waals surface area contributed by atoms with Crippen LogP contribution in [-0.2, 0) is 31.6 Å². The van der Waals surface area contributed by atoms with Gasteiger partial charge in [-0.1, -0.05) is 11.8 Å². The Hall–Kier alpha value is -1.87. The average molecular weight is 576 g/mol. The minimum Gasteiger partial charge on any atom is -0.387 e. The van der Waals surface area contributed by atoms with E-state index in [-0.39, 0.29) is 17.1 Å². The number of aliphatic hydroxyl groups is 1. The summed E-state index contributed by atoms with van der Waals surface area (Å²) in [7, 11) is -17.0. The van der Waals surface area contributed by atoms with Gasteiger partial charge in [-0.15, -0.1) is 0 Å². The molecule has 2 aromatic rings. The molecule has 0 aliphatic carbocycles. The molecule has 0 bridgehead atoms. The van der Waals surface area contributed by atoms with E-state index >= 15 is 0 Å². The monoisotopic (exact) mass is 576 g/mol. The summed E-state index contributed by atoms with van der Waals surface area (Å²) in [5.41, 5.74) is 10.1. The van der Waals surface area contributed by atoms with Crippen molar-refractivity contribution >= 4 is 40.6 Å². The van der Waals surface area contributed by atoms with Crippen LogP contribution >= 0.6 is 23.5 Å². The third-order valence-corrected chi connectivity index (χ3v) is 8.56. The maximum absolute atomic E-state index is 12.8. The molecule has 1 saturated heterocycles. The highest BCUT2D eigenvalue weighted by molar-refractivity contribution is 7.66. The van der Waals surface area contributed by atoms with Gasteiger partial charge < -0.3 is 40.9 Å². The zero-order valence-corrected chi connectivity index (χ0v) is 20.6. The second kappa shape index (κ2) is 10.1. The number of ether oxygens (including phenoxy) is 1. The first kappa shape index (κ1) is 28.7. The fraction of sp³-hybridized carbons (Fsp3) is 0.500. The molecule has 0 spiro atoms. The number of hydrogen-bond acceptors (Lipinski definition) is 13. The van der Waals surface area contributed by atoms with E-state index in [0.29, 0.717) is 0 Å². The maximum Gasteiger partial charge on any atom is 0.490 e. The Balaban J connectivity index is 1.91. The van der Waals surface area contributed by atoms with E-state index in [4.69, 9.17) is 30.5 Å². The van der Waals surface area contributed by atoms with E-state index < -0.39 is 60.2 Å². The van der Waals surface area contributed by atoms with Gasteiger partial charge in [0.15, 0.2) is 17.4 Å². The van der Waals surface area contributed by atoms with Crippen molar-refractivity contribution in [1.82, 2.24) is 19.5 Å². The van der Waals surface area contributed by atoms with Crippen LogP contribution in [0.25, 0.3) is 11.2 Å². The van der Waals surface area contributed by atoms with Gasteiger partial charge in [-0.3, -0.25) is 9.09 Å². The molecule has 1 fully saturated rings. The third kappa shape index (κ3) is 6.33. The van der Waals surface area contributed by atoms with Crippen LogP contribution in [-0.4, -0.2) is 74.7 Å². The van der Waals surface area contributed by atoms with Crippen molar-refractivity contribution in [2.45, 2.75) is 37.0 Å². The summed E-state index contributed by atoms with van der Waals surface area (Å²) >= 11 is 0. The molecule has 1 aliphatic heterocycles. The van der Waals surface area contributed by atoms with E-state index in [1.165, 1.54) is 17.1 Å². The summed E-state index contributed by atoms with van der Waals surface area (Å²) in [6.07, 6.45) is -4.12. The molecule has 18 nitrogen and oxygen atoms in total. The number of rotatable bonds is 8. The highest BCUT2D eigenvalue weighted by Crippen LogP contribution is 2.66. The van der Waals surface area contributed by atoms with E-state index in [1.807, 2.05) is 0 Å². The van der Waals surface area contributed by atoms with Crippen LogP contribution in [0.3, 0.4) is 0 Å². The molecular formula is C14H20FN6O12P3. The van der Waals surface area contributed by atoms with Crippen LogP contribution in [0.5, 0.6) is 0 Å². The third-order valence-electron chi connectivity index (χ3n) is 4.63. The Morgan fingerprint density at radius 2 is 1.92 bits per heavy atom. The normalized spacial score (nSPS) is 28.7. The highest BCUT2D eigenvalue weighted by Gasteiger charge is 2.57. The van der Waals surface area contributed by atoms with E-state index in [0.717, 1.165) is 6.92 Å². The Morgan fingerprint density at radius 1 is 1.25 bits per heavy atom. The quantitative estimate of drug-likeness (QED) is 0.147. The Bertz CT molecular complexity index is 1340. The molecular weight excluding hydrogens is 556 g/mol. The van der Waals surface area contributed by atoms with Crippen LogP contribution in [0.1, 0.15) is 13.2 Å². The van der Waals surface area contributed by atoms with Gasteiger partial charge in [0, 0.05) is 0 Å². The van der Waals surface area contributed by atoms with Crippen molar-refractivity contribution < 1.29 is 60.6 Å². The summed E-state index contributed by atoms with van der Waals surface area (Å²) in [6, 6.07) is 0. The van der Waals surface area contributed by atoms with Crippen LogP contribution in [0.2, 0.25) is 0 Å². The second-order valence-electron chi connectivity index (χ2n) is 7.26. The lowest BCUT2D eigenvalue weighted by Crippen LogP contribution is -2.54. The van der Waals surface area contributed by atoms with Crippen LogP contribution < -0.4 is 11.5 Å². The number of halogens is 1. The average Bonchev–Trinajstić information content (AvgIpc) is 3.22. The molecule has 0 saturated carbocycles. The number of aliphatic hydroxyl groups excluding tert-OH is 1. The number of aromatic nitrogens is 4. The van der Waals surface area contributed by atoms with Gasteiger partial charge in [0.1, 0.15) is 24.4 Å². The highest BCUT2D eigenvalue weighted by atomic mass is 31.3. The summed E-state index contributed by atoms with van der Waals surface area (Å²) in [5.74, 6) is 4.25. The summed E-state index contributed by atoms with van der Waals surface area (Å²) in [6.45, 7) is -0.0935. The van der Waals surface area contributed by atoms with Crippen molar-refractivity contribution in [3.05, 3.63) is 12.5 Å². The van der Waals surface area contributed by atoms with E-state index in [1.54, 1.807) is 0 Å². The number of alkyl halides is 1. The number of nitrogens with two attached hydrogens (primary N) is 2. The van der Waals surface area contributed by atoms with E-state index in [2.05, 4.69) is 35.4 Å². The Morgan fingerprint density at radius 3 is 2.53 bits per heavy atom. The molecule has 22 heteroatoms. The summed E-state index contributed by atoms with van der Waals surface area (Å²) in [5, 5.41) is 10.9. The van der Waals surface area contributed by atoms with Crippen molar-refractivity contribution in [3.8, 4) is 11.8 Å². The lowest BCUT2D eigenvalue weighted by molar-refractivity contribution is -0.0733. The summed E-state index contributed by atoms with van der Waals surface area (Å²) < 4.78 is 66.3. The standard InChI is InChI=1S/C14H20FN6O12P3/c1-7(31-35(26,27)33-36(28,29)32-34(23,24)25)9-10(22)14(17,3-2-4-15)12(30-9)21-6-19-8-5-18-13(16)20-11(8)21/h5-7,9-10,12,22H,4,17H2,1H3,(H,26,27)(H,28,29)(H2,16,18,20)(H2,23,24,25)/t7-,9-,10+,12-,14?/m1/s1. The largest absolute Gasteiger partial charge is 0.490 e. The first-order valence-corrected chi connectivity index (χ1v) is 14.0. The molecule has 2 aromatic heterocycles. The molecule has 0 aromatic carbocycles.